The van der Waals surface area contributed by atoms with E-state index in [0.717, 1.165) is 36.3 Å². The molecule has 21 heavy (non-hydrogen) atoms. The molecule has 0 saturated carbocycles. The molecule has 2 aliphatic rings. The Bertz CT molecular complexity index is 560. The maximum absolute atomic E-state index is 12.4. The van der Waals surface area contributed by atoms with Crippen LogP contribution in [0.1, 0.15) is 44.7 Å². The standard InChI is InChI=1S/C16H22N2O3/c1-4-5-9-18-15(19)17-12-10-16(18,2)21-14-11(12)7-6-8-13(14)20-3/h6-8,12H,4-5,9-10H2,1-3H3,(H,17,19). The average molecular weight is 290 g/mol. The number of nitrogens with one attached hydrogen (secondary N) is 1. The zero-order valence-electron chi connectivity index (χ0n) is 12.8. The van der Waals surface area contributed by atoms with E-state index in [2.05, 4.69) is 12.2 Å². The topological polar surface area (TPSA) is 50.8 Å². The lowest BCUT2D eigenvalue weighted by Gasteiger charge is -2.51. The summed E-state index contributed by atoms with van der Waals surface area (Å²) in [5.74, 6) is 1.47. The summed E-state index contributed by atoms with van der Waals surface area (Å²) < 4.78 is 11.6. The number of hydrogen-bond donors (Lipinski definition) is 1. The van der Waals surface area contributed by atoms with Crippen LogP contribution >= 0.6 is 0 Å². The third kappa shape index (κ3) is 2.20. The first-order valence-electron chi connectivity index (χ1n) is 7.53. The van der Waals surface area contributed by atoms with Gasteiger partial charge in [0.2, 0.25) is 0 Å². The third-order valence-electron chi connectivity index (χ3n) is 4.36. The maximum Gasteiger partial charge on any atom is 0.320 e. The lowest BCUT2D eigenvalue weighted by atomic mass is 9.90. The van der Waals surface area contributed by atoms with Crippen molar-refractivity contribution in [3.05, 3.63) is 23.8 Å². The molecule has 1 fully saturated rings. The Morgan fingerprint density at radius 2 is 2.33 bits per heavy atom. The van der Waals surface area contributed by atoms with Crippen molar-refractivity contribution < 1.29 is 14.3 Å². The summed E-state index contributed by atoms with van der Waals surface area (Å²) in [4.78, 5) is 14.2. The number of ether oxygens (including phenoxy) is 2. The van der Waals surface area contributed by atoms with Crippen LogP contribution in [0.15, 0.2) is 18.2 Å². The van der Waals surface area contributed by atoms with Crippen molar-refractivity contribution in [1.29, 1.82) is 0 Å². The highest BCUT2D eigenvalue weighted by molar-refractivity contribution is 5.77. The van der Waals surface area contributed by atoms with Crippen molar-refractivity contribution in [2.75, 3.05) is 13.7 Å². The zero-order chi connectivity index (χ0) is 15.0. The molecule has 5 nitrogen and oxygen atoms in total. The number of rotatable bonds is 4. The molecular weight excluding hydrogens is 268 g/mol. The molecule has 0 radical (unpaired) electrons. The van der Waals surface area contributed by atoms with Gasteiger partial charge in [0.15, 0.2) is 17.2 Å². The number of methoxy groups -OCH3 is 1. The number of urea groups is 1. The molecule has 1 saturated heterocycles. The Balaban J connectivity index is 1.99. The van der Waals surface area contributed by atoms with Gasteiger partial charge < -0.3 is 14.8 Å². The van der Waals surface area contributed by atoms with Crippen molar-refractivity contribution >= 4 is 6.03 Å². The number of nitrogens with zero attached hydrogens (tertiary/aromatic N) is 1. The van der Waals surface area contributed by atoms with Gasteiger partial charge in [-0.05, 0) is 19.4 Å². The fraction of sp³-hybridized carbons (Fsp3) is 0.562. The molecule has 5 heteroatoms. The highest BCUT2D eigenvalue weighted by atomic mass is 16.5. The van der Waals surface area contributed by atoms with E-state index in [9.17, 15) is 4.79 Å². The van der Waals surface area contributed by atoms with Gasteiger partial charge in [0, 0.05) is 18.5 Å². The van der Waals surface area contributed by atoms with E-state index in [0.29, 0.717) is 6.54 Å². The number of unbranched alkanes of at least 4 members (excludes halogenated alkanes) is 1. The van der Waals surface area contributed by atoms with Gasteiger partial charge in [0.25, 0.3) is 0 Å². The van der Waals surface area contributed by atoms with Gasteiger partial charge in [-0.3, -0.25) is 4.90 Å². The summed E-state index contributed by atoms with van der Waals surface area (Å²) in [6.45, 7) is 4.81. The second-order valence-corrected chi connectivity index (χ2v) is 5.87. The SMILES string of the molecule is CCCCN1C(=O)NC2CC1(C)Oc1c(OC)cccc12. The van der Waals surface area contributed by atoms with E-state index >= 15 is 0 Å². The summed E-state index contributed by atoms with van der Waals surface area (Å²) >= 11 is 0. The molecule has 1 N–H and O–H groups in total. The first-order chi connectivity index (χ1) is 10.1. The van der Waals surface area contributed by atoms with Crippen LogP contribution in [0.4, 0.5) is 4.79 Å². The van der Waals surface area contributed by atoms with Gasteiger partial charge >= 0.3 is 6.03 Å². The maximum atomic E-state index is 12.4. The highest BCUT2D eigenvalue weighted by Gasteiger charge is 2.49. The van der Waals surface area contributed by atoms with Crippen molar-refractivity contribution in [3.63, 3.8) is 0 Å². The average Bonchev–Trinajstić information content (AvgIpc) is 2.46. The predicted molar refractivity (Wildman–Crippen MR) is 79.5 cm³/mol. The van der Waals surface area contributed by atoms with Gasteiger partial charge in [-0.2, -0.15) is 0 Å². The number of carbonyl (C=O) groups is 1. The summed E-state index contributed by atoms with van der Waals surface area (Å²) in [5.41, 5.74) is 0.388. The molecule has 1 aromatic carbocycles. The number of fused-ring (bicyclic) bond motifs is 4. The molecular formula is C16H22N2O3. The van der Waals surface area contributed by atoms with Gasteiger partial charge in [-0.15, -0.1) is 0 Å². The van der Waals surface area contributed by atoms with Gasteiger partial charge in [-0.25, -0.2) is 4.79 Å². The van der Waals surface area contributed by atoms with Gasteiger partial charge in [-0.1, -0.05) is 25.5 Å². The molecule has 3 rings (SSSR count). The minimum absolute atomic E-state index is 0.0146. The predicted octanol–water partition coefficient (Wildman–Crippen LogP) is 3.06. The van der Waals surface area contributed by atoms with Crippen LogP contribution in [-0.2, 0) is 0 Å². The quantitative estimate of drug-likeness (QED) is 0.927. The normalized spacial score (nSPS) is 26.7. The highest BCUT2D eigenvalue weighted by Crippen LogP contribution is 2.47. The second-order valence-electron chi connectivity index (χ2n) is 5.87. The molecule has 0 spiro atoms. The number of benzene rings is 1. The number of hydrogen-bond acceptors (Lipinski definition) is 3. The summed E-state index contributed by atoms with van der Waals surface area (Å²) in [7, 11) is 1.64. The summed E-state index contributed by atoms with van der Waals surface area (Å²) in [6, 6.07) is 5.75. The molecule has 1 aromatic rings. The Morgan fingerprint density at radius 3 is 3.05 bits per heavy atom. The molecule has 2 atom stereocenters. The van der Waals surface area contributed by atoms with Crippen molar-refractivity contribution in [2.24, 2.45) is 0 Å². The van der Waals surface area contributed by atoms with Crippen molar-refractivity contribution in [1.82, 2.24) is 10.2 Å². The monoisotopic (exact) mass is 290 g/mol. The lowest BCUT2D eigenvalue weighted by Crippen LogP contribution is -2.64. The third-order valence-corrected chi connectivity index (χ3v) is 4.36. The fourth-order valence-electron chi connectivity index (χ4n) is 3.22. The van der Waals surface area contributed by atoms with Crippen LogP contribution in [0.2, 0.25) is 0 Å². The van der Waals surface area contributed by atoms with E-state index in [1.54, 1.807) is 7.11 Å². The Kier molecular flexibility index (Phi) is 3.43. The smallest absolute Gasteiger partial charge is 0.320 e. The van der Waals surface area contributed by atoms with E-state index in [-0.39, 0.29) is 12.1 Å². The molecule has 0 aromatic heterocycles. The molecule has 2 unspecified atom stereocenters. The summed E-state index contributed by atoms with van der Waals surface area (Å²) in [5, 5.41) is 3.09. The minimum Gasteiger partial charge on any atom is -0.493 e. The van der Waals surface area contributed by atoms with Crippen LogP contribution < -0.4 is 14.8 Å². The largest absolute Gasteiger partial charge is 0.493 e. The van der Waals surface area contributed by atoms with Gasteiger partial charge in [0.1, 0.15) is 0 Å². The van der Waals surface area contributed by atoms with E-state index in [1.807, 2.05) is 30.0 Å². The van der Waals surface area contributed by atoms with Crippen molar-refractivity contribution in [3.8, 4) is 11.5 Å². The molecule has 114 valence electrons. The van der Waals surface area contributed by atoms with E-state index < -0.39 is 5.72 Å². The number of amides is 2. The van der Waals surface area contributed by atoms with E-state index in [1.165, 1.54) is 0 Å². The molecule has 2 heterocycles. The van der Waals surface area contributed by atoms with E-state index in [4.69, 9.17) is 9.47 Å². The number of carbonyl (C=O) groups excluding carboxylic acids is 1. The minimum atomic E-state index is -0.607. The zero-order valence-corrected chi connectivity index (χ0v) is 12.8. The molecule has 0 aliphatic carbocycles. The molecule has 2 amide bonds. The first-order valence-corrected chi connectivity index (χ1v) is 7.53. The summed E-state index contributed by atoms with van der Waals surface area (Å²) in [6.07, 6.45) is 2.77. The second kappa shape index (κ2) is 5.13. The molecule has 2 bridgehead atoms. The van der Waals surface area contributed by atoms with Gasteiger partial charge in [0.05, 0.1) is 13.2 Å². The Labute approximate surface area is 125 Å². The van der Waals surface area contributed by atoms with Crippen LogP contribution in [0.5, 0.6) is 11.5 Å². The number of para-hydroxylation sites is 1. The van der Waals surface area contributed by atoms with Crippen LogP contribution in [0.3, 0.4) is 0 Å². The Morgan fingerprint density at radius 1 is 1.52 bits per heavy atom. The molecule has 2 aliphatic heterocycles. The first kappa shape index (κ1) is 14.0. The Hall–Kier alpha value is -1.91. The fourth-order valence-corrected chi connectivity index (χ4v) is 3.22. The lowest BCUT2D eigenvalue weighted by molar-refractivity contribution is -0.0853. The van der Waals surface area contributed by atoms with Crippen LogP contribution in [0.25, 0.3) is 0 Å². The van der Waals surface area contributed by atoms with Crippen LogP contribution in [-0.4, -0.2) is 30.3 Å². The van der Waals surface area contributed by atoms with Crippen LogP contribution in [0, 0.1) is 0 Å². The van der Waals surface area contributed by atoms with Crippen molar-refractivity contribution in [2.45, 2.75) is 44.9 Å².